The van der Waals surface area contributed by atoms with Crippen LogP contribution in [-0.4, -0.2) is 10.2 Å². The third-order valence-corrected chi connectivity index (χ3v) is 6.58. The smallest absolute Gasteiger partial charge is 0.233 e. The van der Waals surface area contributed by atoms with Crippen LogP contribution in [0.4, 0.5) is 0 Å². The predicted octanol–water partition coefficient (Wildman–Crippen LogP) is 6.45. The van der Waals surface area contributed by atoms with Gasteiger partial charge in [0.2, 0.25) is 5.91 Å². The maximum Gasteiger partial charge on any atom is 0.233 e. The number of hydrogen-bond donors (Lipinski definition) is 1. The van der Waals surface area contributed by atoms with E-state index in [9.17, 15) is 4.79 Å². The number of halogens is 1. The molecule has 2 aromatic carbocycles. The average molecular weight is 425 g/mol. The van der Waals surface area contributed by atoms with E-state index in [0.29, 0.717) is 13.0 Å². The van der Waals surface area contributed by atoms with Crippen molar-refractivity contribution in [2.75, 3.05) is 0 Å². The van der Waals surface area contributed by atoms with Crippen LogP contribution >= 0.6 is 23.5 Å². The van der Waals surface area contributed by atoms with Crippen LogP contribution in [-0.2, 0) is 11.3 Å². The molecule has 3 nitrogen and oxygen atoms in total. The minimum Gasteiger partial charge on any atom is -0.349 e. The van der Waals surface area contributed by atoms with Gasteiger partial charge in [-0.15, -0.1) is 0 Å². The van der Waals surface area contributed by atoms with Crippen molar-refractivity contribution in [2.45, 2.75) is 45.6 Å². The summed E-state index contributed by atoms with van der Waals surface area (Å²) in [5.41, 5.74) is 6.12. The maximum atomic E-state index is 12.6. The molecule has 0 atom stereocenters. The number of benzene rings is 2. The first kappa shape index (κ1) is 20.1. The van der Waals surface area contributed by atoms with E-state index < -0.39 is 0 Å². The molecular formula is C24H25ClN2OS. The van der Waals surface area contributed by atoms with E-state index in [1.165, 1.54) is 29.5 Å². The largest absolute Gasteiger partial charge is 0.349 e. The number of nitrogens with zero attached hydrogens (tertiary/aromatic N) is 1. The highest BCUT2D eigenvalue weighted by molar-refractivity contribution is 8.01. The van der Waals surface area contributed by atoms with E-state index in [-0.39, 0.29) is 5.91 Å². The highest BCUT2D eigenvalue weighted by Gasteiger charge is 2.22. The molecule has 4 rings (SSSR count). The molecule has 1 saturated carbocycles. The lowest BCUT2D eigenvalue weighted by Crippen LogP contribution is -2.24. The van der Waals surface area contributed by atoms with Gasteiger partial charge in [-0.2, -0.15) is 0 Å². The summed E-state index contributed by atoms with van der Waals surface area (Å²) in [4.78, 5) is 12.6. The molecule has 0 aromatic heterocycles. The maximum absolute atomic E-state index is 12.6. The normalized spacial score (nSPS) is 16.8. The highest BCUT2D eigenvalue weighted by atomic mass is 35.5. The third kappa shape index (κ3) is 5.06. The van der Waals surface area contributed by atoms with Gasteiger partial charge in [-0.25, -0.2) is 0 Å². The first-order chi connectivity index (χ1) is 14.1. The molecule has 1 heterocycles. The van der Waals surface area contributed by atoms with E-state index >= 15 is 0 Å². The predicted molar refractivity (Wildman–Crippen MR) is 122 cm³/mol. The molecule has 2 aliphatic rings. The van der Waals surface area contributed by atoms with Gasteiger partial charge in [0.1, 0.15) is 0 Å². The van der Waals surface area contributed by atoms with Crippen molar-refractivity contribution in [3.05, 3.63) is 86.9 Å². The molecule has 0 unspecified atom stereocenters. The molecule has 150 valence electrons. The van der Waals surface area contributed by atoms with Gasteiger partial charge in [0.15, 0.2) is 0 Å². The number of carbonyl (C=O) groups is 1. The summed E-state index contributed by atoms with van der Waals surface area (Å²) in [6, 6.07) is 16.4. The molecule has 0 spiro atoms. The lowest BCUT2D eigenvalue weighted by Gasteiger charge is -2.26. The first-order valence-corrected chi connectivity index (χ1v) is 11.2. The number of hydrogen-bond acceptors (Lipinski definition) is 3. The Balaban J connectivity index is 1.53. The van der Waals surface area contributed by atoms with Gasteiger partial charge in [0.25, 0.3) is 0 Å². The molecule has 0 bridgehead atoms. The topological polar surface area (TPSA) is 32.3 Å². The number of rotatable bonds is 5. The number of carbonyl (C=O) groups excluding carboxylic acids is 1. The van der Waals surface area contributed by atoms with Crippen LogP contribution in [0.25, 0.3) is 5.70 Å². The Hall–Kier alpha value is -2.17. The first-order valence-electron chi connectivity index (χ1n) is 10.1. The van der Waals surface area contributed by atoms with Gasteiger partial charge < -0.3 is 5.32 Å². The van der Waals surface area contributed by atoms with E-state index in [4.69, 9.17) is 11.6 Å². The fourth-order valence-corrected chi connectivity index (χ4v) is 4.53. The van der Waals surface area contributed by atoms with E-state index in [1.54, 1.807) is 0 Å². The molecule has 29 heavy (non-hydrogen) atoms. The van der Waals surface area contributed by atoms with Gasteiger partial charge in [-0.1, -0.05) is 59.6 Å². The van der Waals surface area contributed by atoms with Gasteiger partial charge in [-0.05, 0) is 61.4 Å². The molecule has 1 N–H and O–H groups in total. The molecular weight excluding hydrogens is 400 g/mol. The van der Waals surface area contributed by atoms with E-state index in [2.05, 4.69) is 54.7 Å². The summed E-state index contributed by atoms with van der Waals surface area (Å²) in [6.07, 6.45) is 6.91. The van der Waals surface area contributed by atoms with Gasteiger partial charge >= 0.3 is 0 Å². The van der Waals surface area contributed by atoms with Crippen LogP contribution < -0.4 is 5.32 Å². The van der Waals surface area contributed by atoms with Gasteiger partial charge in [0.05, 0.1) is 11.6 Å². The third-order valence-electron chi connectivity index (χ3n) is 5.31. The second-order valence-corrected chi connectivity index (χ2v) is 9.08. The Kier molecular flexibility index (Phi) is 6.31. The van der Waals surface area contributed by atoms with Crippen LogP contribution in [0.15, 0.2) is 65.2 Å². The Morgan fingerprint density at radius 1 is 1.07 bits per heavy atom. The fourth-order valence-electron chi connectivity index (χ4n) is 3.42. The van der Waals surface area contributed by atoms with Crippen LogP contribution in [0.2, 0.25) is 5.02 Å². The summed E-state index contributed by atoms with van der Waals surface area (Å²) in [5, 5.41) is 5.41. The molecule has 1 aliphatic heterocycles. The van der Waals surface area contributed by atoms with Crippen molar-refractivity contribution in [1.82, 2.24) is 9.62 Å². The minimum absolute atomic E-state index is 0.174. The van der Waals surface area contributed by atoms with Crippen molar-refractivity contribution in [1.29, 1.82) is 0 Å². The summed E-state index contributed by atoms with van der Waals surface area (Å²) >= 11 is 7.59. The van der Waals surface area contributed by atoms with Gasteiger partial charge in [-0.3, -0.25) is 9.10 Å². The summed E-state index contributed by atoms with van der Waals surface area (Å²) in [5.74, 6) is 0.174. The zero-order chi connectivity index (χ0) is 20.2. The summed E-state index contributed by atoms with van der Waals surface area (Å²) in [6.45, 7) is 2.68. The molecule has 1 amide bonds. The Morgan fingerprint density at radius 2 is 1.79 bits per heavy atom. The number of aryl methyl sites for hydroxylation is 1. The van der Waals surface area contributed by atoms with Crippen molar-refractivity contribution in [2.24, 2.45) is 0 Å². The summed E-state index contributed by atoms with van der Waals surface area (Å²) in [7, 11) is 0. The highest BCUT2D eigenvalue weighted by Crippen LogP contribution is 2.35. The van der Waals surface area contributed by atoms with Crippen molar-refractivity contribution in [3.63, 3.8) is 0 Å². The lowest BCUT2D eigenvalue weighted by atomic mass is 9.88. The monoisotopic (exact) mass is 424 g/mol. The van der Waals surface area contributed by atoms with Crippen LogP contribution in [0.1, 0.15) is 48.8 Å². The lowest BCUT2D eigenvalue weighted by molar-refractivity contribution is -0.126. The average Bonchev–Trinajstić information content (AvgIpc) is 2.84. The molecule has 0 radical (unpaired) electrons. The minimum atomic E-state index is 0.174. The van der Waals surface area contributed by atoms with E-state index in [0.717, 1.165) is 46.1 Å². The number of allylic oxidation sites excluding steroid dienone is 2. The molecule has 2 aromatic rings. The fraction of sp³-hybridized carbons (Fsp3) is 0.292. The second-order valence-electron chi connectivity index (χ2n) is 7.58. The van der Waals surface area contributed by atoms with Crippen LogP contribution in [0.3, 0.4) is 0 Å². The molecule has 1 aliphatic carbocycles. The Morgan fingerprint density at radius 3 is 2.45 bits per heavy atom. The van der Waals surface area contributed by atoms with Crippen molar-refractivity contribution >= 4 is 35.2 Å². The van der Waals surface area contributed by atoms with Crippen molar-refractivity contribution in [3.8, 4) is 0 Å². The standard InChI is InChI=1S/C24H25ClN2OS/c1-17-8-10-18(11-9-17)16-27-23(28)7-3-6-22(29-27)26-24(19-4-2-5-19)20-12-14-21(25)15-13-20/h6,8-15,26H,2-5,7,16H2,1H3. The molecule has 5 heteroatoms. The Bertz CT molecular complexity index is 942. The number of amides is 1. The quantitative estimate of drug-likeness (QED) is 0.560. The molecule has 0 saturated heterocycles. The second kappa shape index (κ2) is 9.10. The SMILES string of the molecule is Cc1ccc(CN2SC(NC(=C3CCC3)c3ccc(Cl)cc3)=CCCC2=O)cc1. The van der Waals surface area contributed by atoms with Gasteiger partial charge in [0, 0.05) is 29.1 Å². The van der Waals surface area contributed by atoms with Crippen LogP contribution in [0, 0.1) is 6.92 Å². The van der Waals surface area contributed by atoms with Crippen LogP contribution in [0.5, 0.6) is 0 Å². The number of nitrogens with one attached hydrogen (secondary N) is 1. The zero-order valence-electron chi connectivity index (χ0n) is 16.6. The van der Waals surface area contributed by atoms with Crippen molar-refractivity contribution < 1.29 is 4.79 Å². The zero-order valence-corrected chi connectivity index (χ0v) is 18.2. The molecule has 1 fully saturated rings. The van der Waals surface area contributed by atoms with E-state index in [1.807, 2.05) is 16.4 Å². The Labute approximate surface area is 182 Å². The summed E-state index contributed by atoms with van der Waals surface area (Å²) < 4.78 is 1.88.